The van der Waals surface area contributed by atoms with Gasteiger partial charge in [-0.25, -0.2) is 13.2 Å². The number of hydrogen-bond donors (Lipinski definition) is 0. The Labute approximate surface area is 154 Å². The van der Waals surface area contributed by atoms with Crippen molar-refractivity contribution >= 4 is 11.6 Å². The third kappa shape index (κ3) is 4.10. The van der Waals surface area contributed by atoms with Crippen molar-refractivity contribution in [2.24, 2.45) is 0 Å². The molecule has 3 rings (SSSR count). The van der Waals surface area contributed by atoms with Crippen LogP contribution < -0.4 is 14.4 Å². The highest BCUT2D eigenvalue weighted by Gasteiger charge is 2.25. The van der Waals surface area contributed by atoms with Crippen LogP contribution in [0.1, 0.15) is 0 Å². The maximum absolute atomic E-state index is 13.9. The number of anilines is 1. The second-order valence-corrected chi connectivity index (χ2v) is 6.00. The van der Waals surface area contributed by atoms with Gasteiger partial charge in [0.1, 0.15) is 0 Å². The molecule has 2 aromatic rings. The van der Waals surface area contributed by atoms with Gasteiger partial charge in [0.25, 0.3) is 5.91 Å². The van der Waals surface area contributed by atoms with E-state index in [0.29, 0.717) is 37.7 Å². The fourth-order valence-corrected chi connectivity index (χ4v) is 2.93. The quantitative estimate of drug-likeness (QED) is 0.749. The van der Waals surface area contributed by atoms with E-state index in [2.05, 4.69) is 0 Å². The fraction of sp³-hybridized carbons (Fsp3) is 0.316. The largest absolute Gasteiger partial charge is 0.493 e. The monoisotopic (exact) mass is 380 g/mol. The van der Waals surface area contributed by atoms with Crippen LogP contribution in [0.5, 0.6) is 11.5 Å². The molecule has 1 fully saturated rings. The van der Waals surface area contributed by atoms with Gasteiger partial charge in [-0.15, -0.1) is 0 Å². The van der Waals surface area contributed by atoms with Gasteiger partial charge in [0.05, 0.1) is 12.8 Å². The number of benzene rings is 2. The summed E-state index contributed by atoms with van der Waals surface area (Å²) in [6.07, 6.45) is 0. The summed E-state index contributed by atoms with van der Waals surface area (Å²) < 4.78 is 51.1. The molecule has 0 bridgehead atoms. The molecule has 0 unspecified atom stereocenters. The molecule has 144 valence electrons. The van der Waals surface area contributed by atoms with E-state index in [-0.39, 0.29) is 18.2 Å². The number of halogens is 3. The van der Waals surface area contributed by atoms with Crippen molar-refractivity contribution in [2.75, 3.05) is 44.8 Å². The number of carbonyl (C=O) groups is 1. The predicted octanol–water partition coefficient (Wildman–Crippen LogP) is 2.84. The zero-order valence-corrected chi connectivity index (χ0v) is 14.8. The van der Waals surface area contributed by atoms with Crippen LogP contribution in [-0.2, 0) is 4.79 Å². The van der Waals surface area contributed by atoms with Gasteiger partial charge in [-0.05, 0) is 24.3 Å². The Balaban J connectivity index is 1.56. The summed E-state index contributed by atoms with van der Waals surface area (Å²) in [4.78, 5) is 15.5. The number of rotatable bonds is 5. The van der Waals surface area contributed by atoms with Crippen molar-refractivity contribution in [1.29, 1.82) is 0 Å². The van der Waals surface area contributed by atoms with Gasteiger partial charge in [0.15, 0.2) is 35.6 Å². The maximum atomic E-state index is 13.9. The van der Waals surface area contributed by atoms with E-state index in [1.807, 2.05) is 0 Å². The number of para-hydroxylation sites is 2. The van der Waals surface area contributed by atoms with Gasteiger partial charge < -0.3 is 19.3 Å². The summed E-state index contributed by atoms with van der Waals surface area (Å²) in [6, 6.07) is 9.11. The van der Waals surface area contributed by atoms with Crippen molar-refractivity contribution in [3.05, 3.63) is 53.8 Å². The SMILES string of the molecule is COc1ccccc1OCC(=O)N1CCN(c2ccc(F)c(F)c2F)CC1. The van der Waals surface area contributed by atoms with E-state index < -0.39 is 17.5 Å². The van der Waals surface area contributed by atoms with Crippen LogP contribution in [0, 0.1) is 17.5 Å². The van der Waals surface area contributed by atoms with Crippen LogP contribution in [0.15, 0.2) is 36.4 Å². The lowest BCUT2D eigenvalue weighted by Gasteiger charge is -2.36. The van der Waals surface area contributed by atoms with Crippen LogP contribution in [0.3, 0.4) is 0 Å². The topological polar surface area (TPSA) is 42.0 Å². The molecule has 27 heavy (non-hydrogen) atoms. The van der Waals surface area contributed by atoms with Crippen LogP contribution >= 0.6 is 0 Å². The number of carbonyl (C=O) groups excluding carboxylic acids is 1. The van der Waals surface area contributed by atoms with Crippen molar-refractivity contribution in [3.8, 4) is 11.5 Å². The Morgan fingerprint density at radius 2 is 1.63 bits per heavy atom. The summed E-state index contributed by atoms with van der Waals surface area (Å²) in [5.41, 5.74) is -0.00808. The molecule has 1 heterocycles. The summed E-state index contributed by atoms with van der Waals surface area (Å²) in [7, 11) is 1.51. The molecule has 0 N–H and O–H groups in total. The lowest BCUT2D eigenvalue weighted by atomic mass is 10.2. The number of hydrogen-bond acceptors (Lipinski definition) is 4. The second-order valence-electron chi connectivity index (χ2n) is 6.00. The van der Waals surface area contributed by atoms with Crippen LogP contribution in [-0.4, -0.2) is 50.7 Å². The van der Waals surface area contributed by atoms with E-state index in [4.69, 9.17) is 9.47 Å². The molecule has 0 radical (unpaired) electrons. The van der Waals surface area contributed by atoms with E-state index in [1.54, 1.807) is 34.1 Å². The van der Waals surface area contributed by atoms with Gasteiger partial charge >= 0.3 is 0 Å². The van der Waals surface area contributed by atoms with E-state index in [1.165, 1.54) is 13.2 Å². The number of amides is 1. The Morgan fingerprint density at radius 3 is 2.30 bits per heavy atom. The maximum Gasteiger partial charge on any atom is 0.260 e. The first-order valence-electron chi connectivity index (χ1n) is 8.43. The summed E-state index contributed by atoms with van der Waals surface area (Å²) in [5, 5.41) is 0. The second kappa shape index (κ2) is 8.20. The Bertz CT molecular complexity index is 824. The van der Waals surface area contributed by atoms with Crippen LogP contribution in [0.25, 0.3) is 0 Å². The van der Waals surface area contributed by atoms with Gasteiger partial charge in [-0.3, -0.25) is 4.79 Å². The molecule has 0 spiro atoms. The van der Waals surface area contributed by atoms with E-state index in [9.17, 15) is 18.0 Å². The van der Waals surface area contributed by atoms with E-state index >= 15 is 0 Å². The lowest BCUT2D eigenvalue weighted by molar-refractivity contribution is -0.133. The molecular weight excluding hydrogens is 361 g/mol. The molecule has 2 aromatic carbocycles. The predicted molar refractivity (Wildman–Crippen MR) is 93.6 cm³/mol. The van der Waals surface area contributed by atoms with E-state index in [0.717, 1.165) is 6.07 Å². The highest BCUT2D eigenvalue weighted by Crippen LogP contribution is 2.26. The zero-order valence-electron chi connectivity index (χ0n) is 14.8. The molecule has 8 heteroatoms. The number of ether oxygens (including phenoxy) is 2. The molecule has 0 aromatic heterocycles. The Hall–Kier alpha value is -2.90. The summed E-state index contributed by atoms with van der Waals surface area (Å²) in [5.74, 6) is -3.14. The first kappa shape index (κ1) is 18.9. The average molecular weight is 380 g/mol. The molecule has 5 nitrogen and oxygen atoms in total. The molecule has 1 aliphatic rings. The molecule has 1 amide bonds. The number of piperazine rings is 1. The molecule has 0 aliphatic carbocycles. The smallest absolute Gasteiger partial charge is 0.260 e. The highest BCUT2D eigenvalue weighted by atomic mass is 19.2. The first-order chi connectivity index (χ1) is 13.0. The summed E-state index contributed by atoms with van der Waals surface area (Å²) >= 11 is 0. The third-order valence-corrected chi connectivity index (χ3v) is 4.41. The van der Waals surface area contributed by atoms with Crippen molar-refractivity contribution < 1.29 is 27.4 Å². The fourth-order valence-electron chi connectivity index (χ4n) is 2.93. The molecule has 0 saturated carbocycles. The molecule has 1 aliphatic heterocycles. The minimum atomic E-state index is -1.49. The highest BCUT2D eigenvalue weighted by molar-refractivity contribution is 5.78. The Kier molecular flexibility index (Phi) is 5.73. The van der Waals surface area contributed by atoms with Crippen LogP contribution in [0.2, 0.25) is 0 Å². The normalized spacial score (nSPS) is 14.2. The van der Waals surface area contributed by atoms with Crippen LogP contribution in [0.4, 0.5) is 18.9 Å². The van der Waals surface area contributed by atoms with Crippen molar-refractivity contribution in [1.82, 2.24) is 4.90 Å². The Morgan fingerprint density at radius 1 is 0.963 bits per heavy atom. The van der Waals surface area contributed by atoms with Crippen molar-refractivity contribution in [3.63, 3.8) is 0 Å². The number of methoxy groups -OCH3 is 1. The molecular formula is C19H19F3N2O3. The zero-order chi connectivity index (χ0) is 19.4. The summed E-state index contributed by atoms with van der Waals surface area (Å²) in [6.45, 7) is 1.11. The lowest BCUT2D eigenvalue weighted by Crippen LogP contribution is -2.50. The minimum absolute atomic E-state index is 0.00808. The third-order valence-electron chi connectivity index (χ3n) is 4.41. The van der Waals surface area contributed by atoms with Gasteiger partial charge in [0, 0.05) is 26.2 Å². The molecule has 0 atom stereocenters. The standard InChI is InChI=1S/C19H19F3N2O3/c1-26-15-4-2-3-5-16(15)27-12-17(25)24-10-8-23(9-11-24)14-7-6-13(20)18(21)19(14)22/h2-7H,8-12H2,1H3. The van der Waals surface area contributed by atoms with Gasteiger partial charge in [0.2, 0.25) is 0 Å². The van der Waals surface area contributed by atoms with Crippen molar-refractivity contribution in [2.45, 2.75) is 0 Å². The minimum Gasteiger partial charge on any atom is -0.493 e. The number of nitrogens with zero attached hydrogens (tertiary/aromatic N) is 2. The van der Waals surface area contributed by atoms with Gasteiger partial charge in [-0.2, -0.15) is 0 Å². The molecule has 1 saturated heterocycles. The first-order valence-corrected chi connectivity index (χ1v) is 8.43. The van der Waals surface area contributed by atoms with Gasteiger partial charge in [-0.1, -0.05) is 12.1 Å². The average Bonchev–Trinajstić information content (AvgIpc) is 2.70.